The van der Waals surface area contributed by atoms with Gasteiger partial charge in [0, 0.05) is 43.4 Å². The lowest BCUT2D eigenvalue weighted by Crippen LogP contribution is -2.36. The molecule has 0 aliphatic carbocycles. The maximum Gasteiger partial charge on any atom is 0.315 e. The molecule has 8 nitrogen and oxygen atoms in total. The van der Waals surface area contributed by atoms with Crippen LogP contribution >= 0.6 is 11.8 Å². The third-order valence-electron chi connectivity index (χ3n) is 7.95. The Balaban J connectivity index is 1.28. The second-order valence-electron chi connectivity index (χ2n) is 12.0. The van der Waals surface area contributed by atoms with E-state index >= 15 is 0 Å². The smallest absolute Gasteiger partial charge is 0.315 e. The quantitative estimate of drug-likeness (QED) is 0.0424. The van der Waals surface area contributed by atoms with Crippen molar-refractivity contribution in [2.24, 2.45) is 0 Å². The van der Waals surface area contributed by atoms with Crippen molar-refractivity contribution < 1.29 is 23.9 Å². The highest BCUT2D eigenvalue weighted by molar-refractivity contribution is 8.00. The first-order valence-electron chi connectivity index (χ1n) is 18.1. The molecule has 0 saturated carbocycles. The van der Waals surface area contributed by atoms with E-state index in [1.54, 1.807) is 0 Å². The van der Waals surface area contributed by atoms with Crippen LogP contribution in [0.4, 0.5) is 4.79 Å². The monoisotopic (exact) mass is 683 g/mol. The maximum atomic E-state index is 12.1. The van der Waals surface area contributed by atoms with Crippen LogP contribution < -0.4 is 16.0 Å². The number of thioether (sulfide) groups is 1. The van der Waals surface area contributed by atoms with Crippen LogP contribution in [-0.4, -0.2) is 73.8 Å². The number of rotatable bonds is 29. The average Bonchev–Trinajstić information content (AvgIpc) is 3.64. The highest BCUT2D eigenvalue weighted by atomic mass is 32.2. The first-order chi connectivity index (χ1) is 23.6. The van der Waals surface area contributed by atoms with Gasteiger partial charge in [-0.25, -0.2) is 4.79 Å². The van der Waals surface area contributed by atoms with Gasteiger partial charge in [-0.1, -0.05) is 86.3 Å². The number of allylic oxidation sites excluding steroid dienone is 12. The number of unbranched alkanes of at least 4 members (excludes halogenated alkanes) is 1. The molecule has 2 rings (SSSR count). The van der Waals surface area contributed by atoms with Crippen LogP contribution in [0, 0.1) is 0 Å². The minimum atomic E-state index is -0.0492. The largest absolute Gasteiger partial charge is 0.379 e. The number of Topliss-reactive ketones (excluding diaryl/α,β-unsaturated/α-hetero) is 1. The summed E-state index contributed by atoms with van der Waals surface area (Å²) in [6.45, 7) is 4.60. The van der Waals surface area contributed by atoms with Gasteiger partial charge in [0.05, 0.1) is 31.9 Å². The number of carbonyl (C=O) groups excluding carboxylic acids is 3. The Morgan fingerprint density at radius 3 is 1.96 bits per heavy atom. The Bertz CT molecular complexity index is 1070. The highest BCUT2D eigenvalue weighted by Crippen LogP contribution is 2.33. The SMILES string of the molecule is CC/C=C\C/C=C\C/C=C\CC=CC/C=C\C/C=C\CCC(=O)NCCOCCOCCCC(=O)CCCC[C@@H]1SC[C@@H]2NC(=O)N[C@@H]21. The molecular weight excluding hydrogens is 623 g/mol. The highest BCUT2D eigenvalue weighted by Gasteiger charge is 2.42. The van der Waals surface area contributed by atoms with E-state index < -0.39 is 0 Å². The van der Waals surface area contributed by atoms with Gasteiger partial charge in [-0.05, 0) is 64.2 Å². The standard InChI is InChI=1S/C39H61N3O5S/c1-2-3-4-5-6-7-8-9-10-11-12-13-14-15-16-17-18-19-20-27-37(44)40-28-30-47-32-31-46-29-23-25-34(43)24-21-22-26-36-38-35(33-48-36)41-39(45)42-38/h3-4,6-7,9-10,12-13,15-16,18-19,35-36,38H,2,5,8,11,14,17,20-33H2,1H3,(H,40,44)(H2,41,42,45)/b4-3-,7-6-,10-9-,13-12?,16-15-,19-18-/t35-,36-,38-/m0/s1. The number of fused-ring (bicyclic) bond motifs is 1. The summed E-state index contributed by atoms with van der Waals surface area (Å²) < 4.78 is 11.1. The van der Waals surface area contributed by atoms with Crippen molar-refractivity contribution in [1.29, 1.82) is 0 Å². The molecule has 0 aromatic heterocycles. The lowest BCUT2D eigenvalue weighted by molar-refractivity contribution is -0.121. The number of urea groups is 1. The molecule has 0 aromatic carbocycles. The minimum Gasteiger partial charge on any atom is -0.379 e. The average molecular weight is 684 g/mol. The fourth-order valence-electron chi connectivity index (χ4n) is 5.33. The predicted molar refractivity (Wildman–Crippen MR) is 200 cm³/mol. The van der Waals surface area contributed by atoms with Crippen molar-refractivity contribution in [1.82, 2.24) is 16.0 Å². The van der Waals surface area contributed by atoms with Crippen LogP contribution in [-0.2, 0) is 19.1 Å². The molecule has 2 heterocycles. The Kier molecular flexibility index (Phi) is 25.0. The van der Waals surface area contributed by atoms with Gasteiger partial charge >= 0.3 is 6.03 Å². The first kappa shape index (κ1) is 41.3. The van der Waals surface area contributed by atoms with Crippen molar-refractivity contribution in [3.63, 3.8) is 0 Å². The Morgan fingerprint density at radius 2 is 1.31 bits per heavy atom. The van der Waals surface area contributed by atoms with Gasteiger partial charge in [0.25, 0.3) is 0 Å². The van der Waals surface area contributed by atoms with E-state index in [-0.39, 0.29) is 24.0 Å². The van der Waals surface area contributed by atoms with Gasteiger partial charge in [0.2, 0.25) is 5.91 Å². The van der Waals surface area contributed by atoms with Crippen LogP contribution in [0.15, 0.2) is 72.9 Å². The zero-order chi connectivity index (χ0) is 34.3. The van der Waals surface area contributed by atoms with E-state index in [1.807, 2.05) is 11.8 Å². The van der Waals surface area contributed by atoms with Crippen LogP contribution in [0.25, 0.3) is 0 Å². The van der Waals surface area contributed by atoms with E-state index in [2.05, 4.69) is 95.8 Å². The number of carbonyl (C=O) groups is 3. The molecule has 0 unspecified atom stereocenters. The first-order valence-corrected chi connectivity index (χ1v) is 19.2. The van der Waals surface area contributed by atoms with E-state index in [1.165, 1.54) is 0 Å². The van der Waals surface area contributed by atoms with Gasteiger partial charge in [0.1, 0.15) is 5.78 Å². The number of hydrogen-bond acceptors (Lipinski definition) is 6. The zero-order valence-corrected chi connectivity index (χ0v) is 30.1. The second-order valence-corrected chi connectivity index (χ2v) is 13.3. The van der Waals surface area contributed by atoms with Crippen LogP contribution in [0.3, 0.4) is 0 Å². The summed E-state index contributed by atoms with van der Waals surface area (Å²) in [5, 5.41) is 9.32. The van der Waals surface area contributed by atoms with E-state index in [4.69, 9.17) is 9.47 Å². The molecule has 3 amide bonds. The van der Waals surface area contributed by atoms with Gasteiger partial charge in [0.15, 0.2) is 0 Å². The molecule has 9 heteroatoms. The lowest BCUT2D eigenvalue weighted by Gasteiger charge is -2.16. The second kappa shape index (κ2) is 29.1. The van der Waals surface area contributed by atoms with Crippen molar-refractivity contribution in [2.75, 3.05) is 38.7 Å². The lowest BCUT2D eigenvalue weighted by atomic mass is 10.0. The number of amides is 3. The van der Waals surface area contributed by atoms with Crippen molar-refractivity contribution in [2.45, 2.75) is 114 Å². The summed E-state index contributed by atoms with van der Waals surface area (Å²) in [6, 6.07) is 0.449. The van der Waals surface area contributed by atoms with Gasteiger partial charge in [-0.15, -0.1) is 0 Å². The van der Waals surface area contributed by atoms with E-state index in [0.29, 0.717) is 63.3 Å². The topological polar surface area (TPSA) is 106 Å². The van der Waals surface area contributed by atoms with Crippen molar-refractivity contribution in [3.05, 3.63) is 72.9 Å². The summed E-state index contributed by atoms with van der Waals surface area (Å²) in [5.41, 5.74) is 0. The summed E-state index contributed by atoms with van der Waals surface area (Å²) in [4.78, 5) is 35.6. The molecule has 0 spiro atoms. The Hall–Kier alpha value is -2.88. The molecule has 2 aliphatic rings. The van der Waals surface area contributed by atoms with Crippen LogP contribution in [0.1, 0.15) is 96.8 Å². The van der Waals surface area contributed by atoms with Crippen LogP contribution in [0.5, 0.6) is 0 Å². The fraction of sp³-hybridized carbons (Fsp3) is 0.615. The minimum absolute atomic E-state index is 0.0321. The van der Waals surface area contributed by atoms with Crippen molar-refractivity contribution >= 4 is 29.5 Å². The van der Waals surface area contributed by atoms with Crippen molar-refractivity contribution in [3.8, 4) is 0 Å². The summed E-state index contributed by atoms with van der Waals surface area (Å²) in [5.74, 6) is 1.30. The van der Waals surface area contributed by atoms with Gasteiger partial charge in [-0.3, -0.25) is 9.59 Å². The molecule has 268 valence electrons. The van der Waals surface area contributed by atoms with Crippen LogP contribution in [0.2, 0.25) is 0 Å². The molecule has 0 aromatic rings. The normalized spacial score (nSPS) is 19.5. The molecule has 2 aliphatic heterocycles. The third-order valence-corrected chi connectivity index (χ3v) is 9.46. The van der Waals surface area contributed by atoms with Gasteiger partial charge < -0.3 is 25.4 Å². The Labute approximate surface area is 294 Å². The molecule has 2 saturated heterocycles. The molecule has 48 heavy (non-hydrogen) atoms. The molecular formula is C39H61N3O5S. The number of nitrogens with one attached hydrogen (secondary N) is 3. The Morgan fingerprint density at radius 1 is 0.729 bits per heavy atom. The molecule has 2 fully saturated rings. The molecule has 3 atom stereocenters. The summed E-state index contributed by atoms with van der Waals surface area (Å²) in [6.07, 6.45) is 38.0. The number of hydrogen-bond donors (Lipinski definition) is 3. The number of ether oxygens (including phenoxy) is 2. The molecule has 3 N–H and O–H groups in total. The summed E-state index contributed by atoms with van der Waals surface area (Å²) >= 11 is 1.92. The molecule has 0 bridgehead atoms. The maximum absolute atomic E-state index is 12.1. The fourth-order valence-corrected chi connectivity index (χ4v) is 6.88. The van der Waals surface area contributed by atoms with E-state index in [9.17, 15) is 14.4 Å². The van der Waals surface area contributed by atoms with E-state index in [0.717, 1.165) is 76.4 Å². The molecule has 0 radical (unpaired) electrons. The number of ketones is 1. The van der Waals surface area contributed by atoms with Gasteiger partial charge in [-0.2, -0.15) is 11.8 Å². The third kappa shape index (κ3) is 21.9. The predicted octanol–water partition coefficient (Wildman–Crippen LogP) is 7.69. The summed E-state index contributed by atoms with van der Waals surface area (Å²) in [7, 11) is 0. The zero-order valence-electron chi connectivity index (χ0n) is 29.3.